The molecule has 0 aliphatic heterocycles. The molecule has 0 fully saturated rings. The number of rotatable bonds is 3. The van der Waals surface area contributed by atoms with E-state index in [1.165, 1.54) is 0 Å². The highest BCUT2D eigenvalue weighted by Crippen LogP contribution is 2.46. The van der Waals surface area contributed by atoms with E-state index in [2.05, 4.69) is 0 Å². The molecule has 0 aliphatic carbocycles. The number of alkyl halides is 18. The van der Waals surface area contributed by atoms with Gasteiger partial charge in [-0.2, -0.15) is 84.3 Å². The fourth-order valence-electron chi connectivity index (χ4n) is 7.63. The van der Waals surface area contributed by atoms with Crippen LogP contribution in [0.1, 0.15) is 38.9 Å². The monoisotopic (exact) mass is 917 g/mol. The maximum atomic E-state index is 14.2. The summed E-state index contributed by atoms with van der Waals surface area (Å²) >= 11 is 0. The van der Waals surface area contributed by atoms with Gasteiger partial charge in [-0.05, 0) is 90.0 Å². The molecule has 3 nitrogen and oxygen atoms in total. The first-order chi connectivity index (χ1) is 29.5. The zero-order chi connectivity index (χ0) is 46.9. The van der Waals surface area contributed by atoms with Crippen LogP contribution in [0.2, 0.25) is 0 Å². The summed E-state index contributed by atoms with van der Waals surface area (Å²) in [6.45, 7) is 0. The molecule has 6 aromatic carbocycles. The molecule has 2 aromatic heterocycles. The molecule has 0 saturated carbocycles. The Morgan fingerprint density at radius 1 is 0.312 bits per heavy atom. The van der Waals surface area contributed by atoms with Crippen LogP contribution in [0.5, 0.6) is 0 Å². The van der Waals surface area contributed by atoms with Crippen molar-refractivity contribution < 1.29 is 79.0 Å². The van der Waals surface area contributed by atoms with E-state index < -0.39 is 121 Å². The van der Waals surface area contributed by atoms with Crippen LogP contribution < -0.4 is 0 Å². The van der Waals surface area contributed by atoms with Crippen LogP contribution in [0.4, 0.5) is 79.0 Å². The zero-order valence-electron chi connectivity index (χ0n) is 31.0. The molecule has 64 heavy (non-hydrogen) atoms. The van der Waals surface area contributed by atoms with Gasteiger partial charge < -0.3 is 9.13 Å². The Balaban J connectivity index is 1.64. The van der Waals surface area contributed by atoms with Crippen molar-refractivity contribution >= 4 is 43.6 Å². The van der Waals surface area contributed by atoms with Gasteiger partial charge >= 0.3 is 37.1 Å². The molecule has 0 radical (unpaired) electrons. The van der Waals surface area contributed by atoms with E-state index in [9.17, 15) is 84.3 Å². The minimum atomic E-state index is -5.50. The van der Waals surface area contributed by atoms with Crippen LogP contribution in [-0.2, 0) is 37.1 Å². The van der Waals surface area contributed by atoms with Crippen LogP contribution in [0.3, 0.4) is 0 Å². The minimum absolute atomic E-state index is 0.176. The molecular weight excluding hydrogens is 900 g/mol. The van der Waals surface area contributed by atoms with E-state index in [0.29, 0.717) is 69.8 Å². The first-order valence-electron chi connectivity index (χ1n) is 17.8. The van der Waals surface area contributed by atoms with E-state index in [1.807, 2.05) is 0 Å². The number of fused-ring (bicyclic) bond motifs is 6. The van der Waals surface area contributed by atoms with Crippen LogP contribution in [-0.4, -0.2) is 9.13 Å². The molecular formula is C43H17F18N3. The smallest absolute Gasteiger partial charge is 0.308 e. The third-order valence-corrected chi connectivity index (χ3v) is 10.5. The van der Waals surface area contributed by atoms with Gasteiger partial charge in [-0.15, -0.1) is 0 Å². The maximum Gasteiger partial charge on any atom is 0.416 e. The summed E-state index contributed by atoms with van der Waals surface area (Å²) in [5, 5.41) is 9.97. The van der Waals surface area contributed by atoms with Gasteiger partial charge in [0.05, 0.1) is 66.8 Å². The number of hydrogen-bond donors (Lipinski definition) is 0. The zero-order valence-corrected chi connectivity index (χ0v) is 31.0. The molecule has 330 valence electrons. The normalized spacial score (nSPS) is 13.5. The Hall–Kier alpha value is -6.85. The van der Waals surface area contributed by atoms with Crippen LogP contribution in [0, 0.1) is 11.3 Å². The predicted molar refractivity (Wildman–Crippen MR) is 195 cm³/mol. The number of hydrogen-bond acceptors (Lipinski definition) is 1. The van der Waals surface area contributed by atoms with Crippen molar-refractivity contribution in [2.24, 2.45) is 0 Å². The number of halogens is 18. The number of nitriles is 1. The van der Waals surface area contributed by atoms with Crippen molar-refractivity contribution in [2.75, 3.05) is 0 Å². The van der Waals surface area contributed by atoms with Crippen LogP contribution >= 0.6 is 0 Å². The SMILES string of the molecule is N#Cc1c(-n2c3cc(C(F)(F)F)ccc3c3ccc(C(F)(F)F)cc32)cc(-c2cc(C(F)(F)F)cc(C(F)(F)F)c2)cc1-n1c2cc(C(F)(F)F)ccc2c2ccc(C(F)(F)F)cc21. The summed E-state index contributed by atoms with van der Waals surface area (Å²) in [4.78, 5) is 0. The largest absolute Gasteiger partial charge is 0.416 e. The second-order valence-corrected chi connectivity index (χ2v) is 14.4. The average Bonchev–Trinajstić information content (AvgIpc) is 3.69. The van der Waals surface area contributed by atoms with Crippen molar-refractivity contribution in [3.8, 4) is 28.6 Å². The molecule has 0 saturated heterocycles. The van der Waals surface area contributed by atoms with Crippen molar-refractivity contribution in [1.82, 2.24) is 9.13 Å². The fraction of sp³-hybridized carbons (Fsp3) is 0.140. The number of benzene rings is 6. The Morgan fingerprint density at radius 2 is 0.562 bits per heavy atom. The third-order valence-electron chi connectivity index (χ3n) is 10.5. The highest BCUT2D eigenvalue weighted by Gasteiger charge is 2.39. The molecule has 0 aliphatic rings. The van der Waals surface area contributed by atoms with Crippen LogP contribution in [0.25, 0.3) is 66.1 Å². The first-order valence-corrected chi connectivity index (χ1v) is 17.8. The maximum absolute atomic E-state index is 14.2. The molecule has 8 rings (SSSR count). The van der Waals surface area contributed by atoms with E-state index >= 15 is 0 Å². The molecule has 0 N–H and O–H groups in total. The lowest BCUT2D eigenvalue weighted by atomic mass is 9.96. The predicted octanol–water partition coefficient (Wildman–Crippen LogP) is 15.5. The summed E-state index contributed by atoms with van der Waals surface area (Å²) in [6.07, 6.45) is -31.6. The van der Waals surface area contributed by atoms with Crippen molar-refractivity contribution in [2.45, 2.75) is 37.1 Å². The Morgan fingerprint density at radius 3 is 0.797 bits per heavy atom. The molecule has 0 bridgehead atoms. The van der Waals surface area contributed by atoms with E-state index in [0.717, 1.165) is 24.3 Å². The van der Waals surface area contributed by atoms with Gasteiger partial charge in [0, 0.05) is 21.5 Å². The lowest BCUT2D eigenvalue weighted by molar-refractivity contribution is -0.143. The lowest BCUT2D eigenvalue weighted by Gasteiger charge is -2.20. The third kappa shape index (κ3) is 7.47. The van der Waals surface area contributed by atoms with Gasteiger partial charge in [0.15, 0.2) is 0 Å². The van der Waals surface area contributed by atoms with Crippen molar-refractivity contribution in [3.63, 3.8) is 0 Å². The van der Waals surface area contributed by atoms with Crippen molar-refractivity contribution in [1.29, 1.82) is 5.26 Å². The van der Waals surface area contributed by atoms with Gasteiger partial charge in [0.25, 0.3) is 0 Å². The summed E-state index contributed by atoms with van der Waals surface area (Å²) < 4.78 is 258. The molecule has 0 spiro atoms. The highest BCUT2D eigenvalue weighted by molar-refractivity contribution is 6.11. The summed E-state index contributed by atoms with van der Waals surface area (Å²) in [5.74, 6) is 0. The fourth-order valence-corrected chi connectivity index (χ4v) is 7.63. The van der Waals surface area contributed by atoms with Gasteiger partial charge in [-0.25, -0.2) is 0 Å². The van der Waals surface area contributed by atoms with Gasteiger partial charge in [0.2, 0.25) is 0 Å². The van der Waals surface area contributed by atoms with E-state index in [4.69, 9.17) is 0 Å². The second kappa shape index (κ2) is 14.1. The number of aromatic nitrogens is 2. The van der Waals surface area contributed by atoms with Gasteiger partial charge in [0.1, 0.15) is 11.6 Å². The summed E-state index contributed by atoms with van der Waals surface area (Å²) in [6, 6.07) is 10.3. The Bertz CT molecular complexity index is 2910. The lowest BCUT2D eigenvalue weighted by Crippen LogP contribution is -2.11. The summed E-state index contributed by atoms with van der Waals surface area (Å²) in [5.41, 5.74) is -16.5. The molecule has 21 heteroatoms. The molecule has 8 aromatic rings. The topological polar surface area (TPSA) is 33.6 Å². The quantitative estimate of drug-likeness (QED) is 0.163. The average molecular weight is 918 g/mol. The molecule has 0 amide bonds. The van der Waals surface area contributed by atoms with Gasteiger partial charge in [-0.3, -0.25) is 0 Å². The molecule has 2 heterocycles. The highest BCUT2D eigenvalue weighted by atomic mass is 19.4. The Kier molecular flexibility index (Phi) is 9.63. The van der Waals surface area contributed by atoms with Gasteiger partial charge in [-0.1, -0.05) is 24.3 Å². The van der Waals surface area contributed by atoms with Crippen LogP contribution in [0.15, 0.2) is 103 Å². The van der Waals surface area contributed by atoms with E-state index in [1.54, 1.807) is 6.07 Å². The Labute approximate surface area is 344 Å². The summed E-state index contributed by atoms with van der Waals surface area (Å²) in [7, 11) is 0. The number of nitrogens with zero attached hydrogens (tertiary/aromatic N) is 3. The molecule has 0 unspecified atom stereocenters. The standard InChI is InChI=1S/C43H17F18N3/c44-38(45,46)21-1-5-27-28-6-2-22(39(47,48)49)15-35(28)63(34(27)14-21)32-11-20(19-9-25(42(56,57)58)13-26(10-19)43(59,60)61)12-33(31(32)18-62)64-36-16-23(40(50,51)52)3-7-29(36)30-8-4-24(17-37(30)64)41(53,54)55/h1-17H. The first kappa shape index (κ1) is 43.8. The van der Waals surface area contributed by atoms with Crippen molar-refractivity contribution in [3.05, 3.63) is 142 Å². The minimum Gasteiger partial charge on any atom is -0.308 e. The second-order valence-electron chi connectivity index (χ2n) is 14.4. The van der Waals surface area contributed by atoms with E-state index in [-0.39, 0.29) is 39.7 Å². The molecule has 0 atom stereocenters.